The Balaban J connectivity index is 2.32. The molecule has 0 bridgehead atoms. The van der Waals surface area contributed by atoms with E-state index in [0.29, 0.717) is 5.92 Å². The van der Waals surface area contributed by atoms with Crippen molar-refractivity contribution < 1.29 is 9.84 Å². The lowest BCUT2D eigenvalue weighted by Crippen LogP contribution is -2.31. The van der Waals surface area contributed by atoms with Gasteiger partial charge in [-0.3, -0.25) is 0 Å². The molecular formula is C13H26O2. The van der Waals surface area contributed by atoms with Gasteiger partial charge in [0.2, 0.25) is 0 Å². The van der Waals surface area contributed by atoms with Crippen molar-refractivity contribution in [1.82, 2.24) is 0 Å². The zero-order valence-corrected chi connectivity index (χ0v) is 10.4. The highest BCUT2D eigenvalue weighted by molar-refractivity contribution is 4.81. The van der Waals surface area contributed by atoms with Gasteiger partial charge in [0.15, 0.2) is 0 Å². The number of aliphatic hydroxyl groups excluding tert-OH is 1. The number of methoxy groups -OCH3 is 1. The molecule has 0 spiro atoms. The van der Waals surface area contributed by atoms with E-state index in [-0.39, 0.29) is 6.10 Å². The van der Waals surface area contributed by atoms with Crippen LogP contribution < -0.4 is 0 Å². The van der Waals surface area contributed by atoms with Gasteiger partial charge in [-0.25, -0.2) is 0 Å². The number of hydrogen-bond donors (Lipinski definition) is 1. The summed E-state index contributed by atoms with van der Waals surface area (Å²) in [7, 11) is 1.74. The average molecular weight is 214 g/mol. The van der Waals surface area contributed by atoms with Crippen LogP contribution in [0.1, 0.15) is 46.0 Å². The van der Waals surface area contributed by atoms with Gasteiger partial charge in [-0.15, -0.1) is 0 Å². The highest BCUT2D eigenvalue weighted by Gasteiger charge is 2.29. The standard InChI is InChI=1S/C13H26O2/c1-10(2)11-6-7-13(14)12(9-11)5-4-8-15-3/h10-14H,4-9H2,1-3H3. The maximum atomic E-state index is 9.93. The molecule has 0 saturated heterocycles. The number of ether oxygens (including phenoxy) is 1. The summed E-state index contributed by atoms with van der Waals surface area (Å²) in [6.07, 6.45) is 5.57. The Morgan fingerprint density at radius 2 is 2.07 bits per heavy atom. The molecule has 3 atom stereocenters. The maximum absolute atomic E-state index is 9.93. The average Bonchev–Trinajstić information content (AvgIpc) is 2.20. The summed E-state index contributed by atoms with van der Waals surface area (Å²) in [5.41, 5.74) is 0. The second-order valence-corrected chi connectivity index (χ2v) is 5.28. The summed E-state index contributed by atoms with van der Waals surface area (Å²) < 4.78 is 5.06. The Bertz CT molecular complexity index is 168. The van der Waals surface area contributed by atoms with Gasteiger partial charge in [-0.1, -0.05) is 13.8 Å². The predicted molar refractivity (Wildman–Crippen MR) is 62.8 cm³/mol. The van der Waals surface area contributed by atoms with Crippen LogP contribution in [0, 0.1) is 17.8 Å². The molecule has 1 aliphatic carbocycles. The summed E-state index contributed by atoms with van der Waals surface area (Å²) in [6, 6.07) is 0. The van der Waals surface area contributed by atoms with Crippen molar-refractivity contribution in [3.05, 3.63) is 0 Å². The summed E-state index contributed by atoms with van der Waals surface area (Å²) in [5, 5.41) is 9.93. The monoisotopic (exact) mass is 214 g/mol. The third-order valence-corrected chi connectivity index (χ3v) is 3.85. The fourth-order valence-corrected chi connectivity index (χ4v) is 2.69. The van der Waals surface area contributed by atoms with Crippen molar-refractivity contribution in [1.29, 1.82) is 0 Å². The van der Waals surface area contributed by atoms with E-state index in [9.17, 15) is 5.11 Å². The molecule has 1 rings (SSSR count). The summed E-state index contributed by atoms with van der Waals surface area (Å²) >= 11 is 0. The normalized spacial score (nSPS) is 32.2. The summed E-state index contributed by atoms with van der Waals surface area (Å²) in [5.74, 6) is 2.10. The third-order valence-electron chi connectivity index (χ3n) is 3.85. The van der Waals surface area contributed by atoms with Gasteiger partial charge < -0.3 is 9.84 Å². The van der Waals surface area contributed by atoms with Gasteiger partial charge in [-0.2, -0.15) is 0 Å². The lowest BCUT2D eigenvalue weighted by molar-refractivity contribution is 0.0292. The van der Waals surface area contributed by atoms with E-state index in [4.69, 9.17) is 4.74 Å². The van der Waals surface area contributed by atoms with E-state index >= 15 is 0 Å². The van der Waals surface area contributed by atoms with E-state index in [0.717, 1.165) is 37.7 Å². The molecule has 2 heteroatoms. The smallest absolute Gasteiger partial charge is 0.0568 e. The van der Waals surface area contributed by atoms with Gasteiger partial charge >= 0.3 is 0 Å². The number of rotatable bonds is 5. The Morgan fingerprint density at radius 1 is 1.33 bits per heavy atom. The first-order valence-electron chi connectivity index (χ1n) is 6.32. The van der Waals surface area contributed by atoms with Gasteiger partial charge in [-0.05, 0) is 49.9 Å². The fourth-order valence-electron chi connectivity index (χ4n) is 2.69. The van der Waals surface area contributed by atoms with Gasteiger partial charge in [0.1, 0.15) is 0 Å². The SMILES string of the molecule is COCCCC1CC(C(C)C)CCC1O. The first-order valence-corrected chi connectivity index (χ1v) is 6.32. The second-order valence-electron chi connectivity index (χ2n) is 5.28. The molecule has 1 saturated carbocycles. The molecule has 90 valence electrons. The van der Waals surface area contributed by atoms with Gasteiger partial charge in [0, 0.05) is 13.7 Å². The molecule has 0 radical (unpaired) electrons. The second kappa shape index (κ2) is 6.49. The minimum atomic E-state index is -0.0585. The molecule has 0 heterocycles. The number of hydrogen-bond acceptors (Lipinski definition) is 2. The van der Waals surface area contributed by atoms with E-state index in [1.807, 2.05) is 0 Å². The molecule has 1 N–H and O–H groups in total. The van der Waals surface area contributed by atoms with Crippen molar-refractivity contribution in [2.45, 2.75) is 52.1 Å². The lowest BCUT2D eigenvalue weighted by atomic mass is 9.73. The highest BCUT2D eigenvalue weighted by Crippen LogP contribution is 2.35. The molecule has 0 aromatic carbocycles. The van der Waals surface area contributed by atoms with Gasteiger partial charge in [0.25, 0.3) is 0 Å². The van der Waals surface area contributed by atoms with Crippen LogP contribution in [0.5, 0.6) is 0 Å². The molecule has 1 aliphatic rings. The van der Waals surface area contributed by atoms with Crippen LogP contribution in [-0.4, -0.2) is 24.9 Å². The van der Waals surface area contributed by atoms with Crippen LogP contribution >= 0.6 is 0 Å². The van der Waals surface area contributed by atoms with E-state index < -0.39 is 0 Å². The highest BCUT2D eigenvalue weighted by atomic mass is 16.5. The minimum absolute atomic E-state index is 0.0585. The Morgan fingerprint density at radius 3 is 2.67 bits per heavy atom. The van der Waals surface area contributed by atoms with E-state index in [1.54, 1.807) is 7.11 Å². The molecule has 3 unspecified atom stereocenters. The predicted octanol–water partition coefficient (Wildman–Crippen LogP) is 2.85. The van der Waals surface area contributed by atoms with Crippen LogP contribution in [0.15, 0.2) is 0 Å². The molecule has 0 aliphatic heterocycles. The Labute approximate surface area is 94.0 Å². The molecule has 2 nitrogen and oxygen atoms in total. The topological polar surface area (TPSA) is 29.5 Å². The van der Waals surface area contributed by atoms with Crippen molar-refractivity contribution >= 4 is 0 Å². The maximum Gasteiger partial charge on any atom is 0.0568 e. The van der Waals surface area contributed by atoms with Crippen LogP contribution in [-0.2, 0) is 4.74 Å². The molecule has 0 aromatic heterocycles. The van der Waals surface area contributed by atoms with E-state index in [1.165, 1.54) is 12.8 Å². The van der Waals surface area contributed by atoms with Crippen molar-refractivity contribution in [3.8, 4) is 0 Å². The van der Waals surface area contributed by atoms with Gasteiger partial charge in [0.05, 0.1) is 6.10 Å². The lowest BCUT2D eigenvalue weighted by Gasteiger charge is -2.35. The third kappa shape index (κ3) is 4.12. The molecule has 1 fully saturated rings. The zero-order chi connectivity index (χ0) is 11.3. The summed E-state index contributed by atoms with van der Waals surface area (Å²) in [6.45, 7) is 5.43. The van der Waals surface area contributed by atoms with Crippen LogP contribution in [0.2, 0.25) is 0 Å². The van der Waals surface area contributed by atoms with Crippen LogP contribution in [0.3, 0.4) is 0 Å². The molecule has 0 amide bonds. The van der Waals surface area contributed by atoms with Crippen molar-refractivity contribution in [2.24, 2.45) is 17.8 Å². The van der Waals surface area contributed by atoms with Crippen molar-refractivity contribution in [3.63, 3.8) is 0 Å². The first-order chi connectivity index (χ1) is 7.15. The van der Waals surface area contributed by atoms with Crippen molar-refractivity contribution in [2.75, 3.05) is 13.7 Å². The number of aliphatic hydroxyl groups is 1. The largest absolute Gasteiger partial charge is 0.393 e. The Hall–Kier alpha value is -0.0800. The minimum Gasteiger partial charge on any atom is -0.393 e. The first kappa shape index (κ1) is 13.0. The fraction of sp³-hybridized carbons (Fsp3) is 1.00. The molecule has 15 heavy (non-hydrogen) atoms. The van der Waals surface area contributed by atoms with Crippen LogP contribution in [0.4, 0.5) is 0 Å². The molecular weight excluding hydrogens is 188 g/mol. The molecule has 0 aromatic rings. The van der Waals surface area contributed by atoms with E-state index in [2.05, 4.69) is 13.8 Å². The summed E-state index contributed by atoms with van der Waals surface area (Å²) in [4.78, 5) is 0. The van der Waals surface area contributed by atoms with Crippen LogP contribution in [0.25, 0.3) is 0 Å². The quantitative estimate of drug-likeness (QED) is 0.713. The Kier molecular flexibility index (Phi) is 5.62. The zero-order valence-electron chi connectivity index (χ0n) is 10.4.